The number of benzene rings is 2. The molecule has 0 fully saturated rings. The van der Waals surface area contributed by atoms with Crippen LogP contribution in [-0.4, -0.2) is 23.3 Å². The van der Waals surface area contributed by atoms with Crippen LogP contribution in [0.1, 0.15) is 38.8 Å². The third kappa shape index (κ3) is 3.14. The lowest BCUT2D eigenvalue weighted by Gasteiger charge is -2.16. The zero-order chi connectivity index (χ0) is 19.1. The van der Waals surface area contributed by atoms with Crippen molar-refractivity contribution in [1.29, 1.82) is 0 Å². The molecule has 2 aromatic carbocycles. The van der Waals surface area contributed by atoms with Crippen molar-refractivity contribution in [3.8, 4) is 5.75 Å². The van der Waals surface area contributed by atoms with E-state index >= 15 is 0 Å². The number of imide groups is 1. The molecule has 8 heteroatoms. The summed E-state index contributed by atoms with van der Waals surface area (Å²) in [5.74, 6) is -0.898. The van der Waals surface area contributed by atoms with E-state index in [9.17, 15) is 22.8 Å². The van der Waals surface area contributed by atoms with E-state index < -0.39 is 28.6 Å². The van der Waals surface area contributed by atoms with Gasteiger partial charge in [-0.3, -0.25) is 14.5 Å². The first kappa shape index (κ1) is 18.3. The molecule has 0 saturated heterocycles. The van der Waals surface area contributed by atoms with Crippen molar-refractivity contribution in [2.24, 2.45) is 0 Å². The maximum Gasteiger partial charge on any atom is 0.417 e. The number of alkyl halides is 3. The minimum atomic E-state index is -4.63. The zero-order valence-electron chi connectivity index (χ0n) is 13.6. The van der Waals surface area contributed by atoms with Crippen LogP contribution < -0.4 is 4.74 Å². The first-order chi connectivity index (χ1) is 12.2. The number of ether oxygens (including phenoxy) is 1. The van der Waals surface area contributed by atoms with Crippen LogP contribution >= 0.6 is 11.6 Å². The van der Waals surface area contributed by atoms with E-state index in [0.717, 1.165) is 17.0 Å². The topological polar surface area (TPSA) is 46.6 Å². The summed E-state index contributed by atoms with van der Waals surface area (Å²) in [6, 6.07) is 7.94. The lowest BCUT2D eigenvalue weighted by molar-refractivity contribution is -0.137. The van der Waals surface area contributed by atoms with Gasteiger partial charge in [-0.05, 0) is 36.8 Å². The fourth-order valence-electron chi connectivity index (χ4n) is 2.79. The third-order valence-electron chi connectivity index (χ3n) is 3.94. The van der Waals surface area contributed by atoms with E-state index in [1.165, 1.54) is 12.1 Å². The first-order valence-electron chi connectivity index (χ1n) is 7.71. The summed E-state index contributed by atoms with van der Waals surface area (Å²) < 4.78 is 44.4. The average molecular weight is 384 g/mol. The van der Waals surface area contributed by atoms with Gasteiger partial charge in [0.15, 0.2) is 0 Å². The molecular weight excluding hydrogens is 371 g/mol. The lowest BCUT2D eigenvalue weighted by atomic mass is 10.1. The second kappa shape index (κ2) is 6.64. The number of hydrogen-bond donors (Lipinski definition) is 0. The molecule has 0 bridgehead atoms. The summed E-state index contributed by atoms with van der Waals surface area (Å²) in [5, 5.41) is -0.442. The highest BCUT2D eigenvalue weighted by Crippen LogP contribution is 2.36. The molecule has 0 unspecified atom stereocenters. The molecule has 0 aromatic heterocycles. The summed E-state index contributed by atoms with van der Waals surface area (Å²) >= 11 is 5.60. The molecule has 26 heavy (non-hydrogen) atoms. The van der Waals surface area contributed by atoms with Crippen LogP contribution in [0.3, 0.4) is 0 Å². The molecule has 2 amide bonds. The van der Waals surface area contributed by atoms with Gasteiger partial charge in [0.05, 0.1) is 34.9 Å². The first-order valence-corrected chi connectivity index (χ1v) is 8.09. The smallest absolute Gasteiger partial charge is 0.417 e. The van der Waals surface area contributed by atoms with Crippen molar-refractivity contribution in [1.82, 2.24) is 4.90 Å². The van der Waals surface area contributed by atoms with Crippen molar-refractivity contribution in [2.75, 3.05) is 6.61 Å². The van der Waals surface area contributed by atoms with Crippen LogP contribution in [0.2, 0.25) is 5.02 Å². The lowest BCUT2D eigenvalue weighted by Crippen LogP contribution is -2.29. The predicted octanol–water partition coefficient (Wildman–Crippen LogP) is 4.55. The molecule has 2 aromatic rings. The highest BCUT2D eigenvalue weighted by Gasteiger charge is 2.39. The summed E-state index contributed by atoms with van der Waals surface area (Å²) in [4.78, 5) is 26.1. The average Bonchev–Trinajstić information content (AvgIpc) is 2.81. The number of rotatable bonds is 4. The quantitative estimate of drug-likeness (QED) is 0.727. The predicted molar refractivity (Wildman–Crippen MR) is 88.3 cm³/mol. The van der Waals surface area contributed by atoms with Crippen molar-refractivity contribution < 1.29 is 27.5 Å². The molecular formula is C18H13ClF3NO3. The number of halogens is 4. The fraction of sp³-hybridized carbons (Fsp3) is 0.222. The van der Waals surface area contributed by atoms with E-state index in [1.807, 2.05) is 0 Å². The van der Waals surface area contributed by atoms with E-state index in [1.54, 1.807) is 19.1 Å². The highest BCUT2D eigenvalue weighted by atomic mass is 35.5. The molecule has 0 atom stereocenters. The summed E-state index contributed by atoms with van der Waals surface area (Å²) in [6.07, 6.45) is -4.63. The molecule has 4 nitrogen and oxygen atoms in total. The Bertz CT molecular complexity index is 896. The van der Waals surface area contributed by atoms with Crippen LogP contribution in [0.5, 0.6) is 5.75 Å². The van der Waals surface area contributed by atoms with E-state index in [-0.39, 0.29) is 29.0 Å². The number of hydrogen-bond acceptors (Lipinski definition) is 3. The second-order valence-electron chi connectivity index (χ2n) is 5.62. The van der Waals surface area contributed by atoms with Crippen molar-refractivity contribution in [3.63, 3.8) is 0 Å². The molecule has 1 heterocycles. The Morgan fingerprint density at radius 1 is 1.12 bits per heavy atom. The van der Waals surface area contributed by atoms with Gasteiger partial charge in [-0.25, -0.2) is 0 Å². The van der Waals surface area contributed by atoms with Crippen LogP contribution in [0.15, 0.2) is 36.4 Å². The highest BCUT2D eigenvalue weighted by molar-refractivity contribution is 6.31. The Labute approximate surface area is 152 Å². The van der Waals surface area contributed by atoms with Gasteiger partial charge in [-0.2, -0.15) is 13.2 Å². The Morgan fingerprint density at radius 2 is 1.85 bits per heavy atom. The Kier molecular flexibility index (Phi) is 4.66. The molecule has 136 valence electrons. The number of nitrogens with zero attached hydrogens (tertiary/aromatic N) is 1. The molecule has 0 N–H and O–H groups in total. The molecule has 0 saturated carbocycles. The van der Waals surface area contributed by atoms with Crippen LogP contribution in [0.4, 0.5) is 13.2 Å². The molecule has 0 aliphatic carbocycles. The van der Waals surface area contributed by atoms with Crippen LogP contribution in [-0.2, 0) is 12.7 Å². The summed E-state index contributed by atoms with van der Waals surface area (Å²) in [6.45, 7) is 1.76. The summed E-state index contributed by atoms with van der Waals surface area (Å²) in [7, 11) is 0. The number of amides is 2. The van der Waals surface area contributed by atoms with Gasteiger partial charge in [0.2, 0.25) is 0 Å². The fourth-order valence-corrected chi connectivity index (χ4v) is 3.02. The number of carbonyl (C=O) groups excluding carboxylic acids is 2. The van der Waals surface area contributed by atoms with Crippen molar-refractivity contribution in [2.45, 2.75) is 19.6 Å². The SMILES string of the molecule is CCOc1cccc2c1C(=O)N(Cc1ccc(Cl)c(C(F)(F)F)c1)C2=O. The monoisotopic (exact) mass is 383 g/mol. The van der Waals surface area contributed by atoms with Gasteiger partial charge in [-0.15, -0.1) is 0 Å². The van der Waals surface area contributed by atoms with Crippen molar-refractivity contribution in [3.05, 3.63) is 63.7 Å². The van der Waals surface area contributed by atoms with Gasteiger partial charge in [0.25, 0.3) is 11.8 Å². The standard InChI is InChI=1S/C18H13ClF3NO3/c1-2-26-14-5-3-4-11-15(14)17(25)23(16(11)24)9-10-6-7-13(19)12(8-10)18(20,21)22/h3-8H,2,9H2,1H3. The molecule has 1 aliphatic rings. The third-order valence-corrected chi connectivity index (χ3v) is 4.27. The zero-order valence-corrected chi connectivity index (χ0v) is 14.3. The van der Waals surface area contributed by atoms with Gasteiger partial charge in [0, 0.05) is 0 Å². The van der Waals surface area contributed by atoms with Crippen LogP contribution in [0.25, 0.3) is 0 Å². The van der Waals surface area contributed by atoms with E-state index in [0.29, 0.717) is 6.61 Å². The minimum absolute atomic E-state index is 0.129. The van der Waals surface area contributed by atoms with Crippen LogP contribution in [0, 0.1) is 0 Å². The molecule has 0 spiro atoms. The second-order valence-corrected chi connectivity index (χ2v) is 6.03. The van der Waals surface area contributed by atoms with Gasteiger partial charge < -0.3 is 4.74 Å². The van der Waals surface area contributed by atoms with Crippen molar-refractivity contribution >= 4 is 23.4 Å². The molecule has 1 aliphatic heterocycles. The molecule has 0 radical (unpaired) electrons. The Balaban J connectivity index is 1.94. The number of fused-ring (bicyclic) bond motifs is 1. The largest absolute Gasteiger partial charge is 0.493 e. The maximum absolute atomic E-state index is 13.0. The Morgan fingerprint density at radius 3 is 2.50 bits per heavy atom. The minimum Gasteiger partial charge on any atom is -0.493 e. The van der Waals surface area contributed by atoms with E-state index in [4.69, 9.17) is 16.3 Å². The maximum atomic E-state index is 13.0. The van der Waals surface area contributed by atoms with Gasteiger partial charge in [0.1, 0.15) is 5.75 Å². The van der Waals surface area contributed by atoms with Gasteiger partial charge in [-0.1, -0.05) is 23.7 Å². The van der Waals surface area contributed by atoms with Gasteiger partial charge >= 0.3 is 6.18 Å². The Hall–Kier alpha value is -2.54. The molecule has 3 rings (SSSR count). The normalized spacial score (nSPS) is 14.0. The number of carbonyl (C=O) groups is 2. The van der Waals surface area contributed by atoms with E-state index in [2.05, 4.69) is 0 Å². The summed E-state index contributed by atoms with van der Waals surface area (Å²) in [5.41, 5.74) is -0.562.